The summed E-state index contributed by atoms with van der Waals surface area (Å²) in [5, 5.41) is 20.9. The fourth-order valence-electron chi connectivity index (χ4n) is 5.73. The van der Waals surface area contributed by atoms with E-state index in [1.807, 2.05) is 44.2 Å². The average molecular weight is 582 g/mol. The minimum Gasteiger partial charge on any atom is -0.494 e. The number of nitrogens with zero attached hydrogens (tertiary/aromatic N) is 8. The molecule has 0 aliphatic carbocycles. The number of rotatable bonds is 10. The van der Waals surface area contributed by atoms with Crippen LogP contribution in [0.2, 0.25) is 0 Å². The first-order valence-electron chi connectivity index (χ1n) is 14.2. The molecule has 2 aromatic carbocycles. The van der Waals surface area contributed by atoms with Crippen LogP contribution in [-0.4, -0.2) is 75.5 Å². The van der Waals surface area contributed by atoms with Gasteiger partial charge in [-0.15, -0.1) is 0 Å². The van der Waals surface area contributed by atoms with Crippen LogP contribution in [0.1, 0.15) is 12.0 Å². The zero-order valence-electron chi connectivity index (χ0n) is 25.0. The molecule has 0 unspecified atom stereocenters. The maximum atomic E-state index is 12.2. The summed E-state index contributed by atoms with van der Waals surface area (Å²) in [6.45, 7) is 2.30. The Balaban J connectivity index is 1.45. The molecule has 12 heteroatoms. The van der Waals surface area contributed by atoms with E-state index in [-0.39, 0.29) is 10.6 Å². The van der Waals surface area contributed by atoms with Gasteiger partial charge in [-0.05, 0) is 32.5 Å². The van der Waals surface area contributed by atoms with E-state index < -0.39 is 0 Å². The van der Waals surface area contributed by atoms with E-state index in [9.17, 15) is 10.1 Å². The van der Waals surface area contributed by atoms with Crippen LogP contribution in [-0.2, 0) is 20.0 Å². The van der Waals surface area contributed by atoms with Crippen molar-refractivity contribution < 1.29 is 9.66 Å². The van der Waals surface area contributed by atoms with Crippen LogP contribution < -0.4 is 15.0 Å². The molecular formula is C31H35N9O3. The quantitative estimate of drug-likeness (QED) is 0.177. The van der Waals surface area contributed by atoms with Gasteiger partial charge in [0.2, 0.25) is 5.95 Å². The SMILES string of the molecule is COc1cc(N(C)CCN(C)C)c([N+](=O)[O-])cc1Nc1ncc(-c2cnn(C)c2)c(-c2cn3c4c(cccc24)CCC3)n1. The Morgan fingerprint density at radius 3 is 2.67 bits per heavy atom. The molecule has 1 aliphatic rings. The molecule has 1 N–H and O–H groups in total. The molecule has 0 saturated carbocycles. The van der Waals surface area contributed by atoms with Crippen molar-refractivity contribution in [1.29, 1.82) is 0 Å². The molecule has 222 valence electrons. The number of nitro groups is 1. The molecule has 0 fully saturated rings. The monoisotopic (exact) mass is 581 g/mol. The van der Waals surface area contributed by atoms with Crippen LogP contribution in [0.3, 0.4) is 0 Å². The number of aryl methyl sites for hydroxylation is 3. The van der Waals surface area contributed by atoms with Crippen molar-refractivity contribution in [2.75, 3.05) is 51.6 Å². The smallest absolute Gasteiger partial charge is 0.294 e. The highest BCUT2D eigenvalue weighted by Crippen LogP contribution is 2.41. The highest BCUT2D eigenvalue weighted by atomic mass is 16.6. The first kappa shape index (κ1) is 28.2. The van der Waals surface area contributed by atoms with Crippen LogP contribution in [0.4, 0.5) is 23.0 Å². The van der Waals surface area contributed by atoms with Crippen molar-refractivity contribution in [3.63, 3.8) is 0 Å². The number of para-hydroxylation sites is 1. The molecular weight excluding hydrogens is 546 g/mol. The van der Waals surface area contributed by atoms with Gasteiger partial charge >= 0.3 is 0 Å². The number of hydrogen-bond donors (Lipinski definition) is 1. The predicted octanol–water partition coefficient (Wildman–Crippen LogP) is 5.10. The highest BCUT2D eigenvalue weighted by Gasteiger charge is 2.24. The Bertz CT molecular complexity index is 1830. The van der Waals surface area contributed by atoms with Gasteiger partial charge in [0.25, 0.3) is 5.69 Å². The minimum atomic E-state index is -0.377. The Hall–Kier alpha value is -4.97. The van der Waals surface area contributed by atoms with Gasteiger partial charge in [-0.1, -0.05) is 18.2 Å². The van der Waals surface area contributed by atoms with Gasteiger partial charge in [0.15, 0.2) is 0 Å². The van der Waals surface area contributed by atoms with Crippen LogP contribution in [0.15, 0.2) is 55.1 Å². The van der Waals surface area contributed by atoms with E-state index in [0.29, 0.717) is 29.6 Å². The lowest BCUT2D eigenvalue weighted by molar-refractivity contribution is -0.384. The highest BCUT2D eigenvalue weighted by molar-refractivity contribution is 6.00. The second kappa shape index (κ2) is 11.4. The Morgan fingerprint density at radius 1 is 1.12 bits per heavy atom. The summed E-state index contributed by atoms with van der Waals surface area (Å²) in [4.78, 5) is 25.3. The van der Waals surface area contributed by atoms with Crippen molar-refractivity contribution >= 4 is 33.9 Å². The van der Waals surface area contributed by atoms with Gasteiger partial charge in [0, 0.05) is 86.5 Å². The molecule has 0 radical (unpaired) electrons. The summed E-state index contributed by atoms with van der Waals surface area (Å²) < 4.78 is 9.74. The fraction of sp³-hybridized carbons (Fsp3) is 0.323. The van der Waals surface area contributed by atoms with E-state index in [0.717, 1.165) is 53.7 Å². The van der Waals surface area contributed by atoms with Crippen LogP contribution in [0.5, 0.6) is 5.75 Å². The molecule has 0 bridgehead atoms. The average Bonchev–Trinajstić information content (AvgIpc) is 3.60. The van der Waals surface area contributed by atoms with Gasteiger partial charge in [-0.2, -0.15) is 5.10 Å². The normalized spacial score (nSPS) is 12.6. The number of aromatic nitrogens is 5. The number of nitro benzene ring substituents is 1. The molecule has 0 saturated heterocycles. The number of methoxy groups -OCH3 is 1. The van der Waals surface area contributed by atoms with Crippen molar-refractivity contribution in [2.45, 2.75) is 19.4 Å². The topological polar surface area (TPSA) is 119 Å². The van der Waals surface area contributed by atoms with Crippen molar-refractivity contribution in [2.24, 2.45) is 7.05 Å². The largest absolute Gasteiger partial charge is 0.494 e. The van der Waals surface area contributed by atoms with Gasteiger partial charge < -0.3 is 24.4 Å². The lowest BCUT2D eigenvalue weighted by atomic mass is 9.99. The Kier molecular flexibility index (Phi) is 7.45. The summed E-state index contributed by atoms with van der Waals surface area (Å²) >= 11 is 0. The van der Waals surface area contributed by atoms with Crippen molar-refractivity contribution in [1.82, 2.24) is 29.2 Å². The number of ether oxygens (including phenoxy) is 1. The standard InChI is InChI=1S/C31H35N9O3/c1-36(2)12-13-37(3)26-15-28(43-5)25(14-27(26)40(41)42)34-31-32-17-23(21-16-33-38(4)18-21)29(35-31)24-19-39-11-7-9-20-8-6-10-22(24)30(20)39/h6,8,10,14-19H,7,9,11-13H2,1-5H3,(H,32,34,35). The van der Waals surface area contributed by atoms with E-state index in [1.165, 1.54) is 17.1 Å². The maximum absolute atomic E-state index is 12.2. The fourth-order valence-corrected chi connectivity index (χ4v) is 5.73. The number of likely N-dealkylation sites (N-methyl/N-ethyl adjacent to an activating group) is 2. The van der Waals surface area contributed by atoms with Crippen LogP contribution in [0.25, 0.3) is 33.3 Å². The predicted molar refractivity (Wildman–Crippen MR) is 168 cm³/mol. The van der Waals surface area contributed by atoms with E-state index in [2.05, 4.69) is 44.4 Å². The molecule has 43 heavy (non-hydrogen) atoms. The number of anilines is 3. The zero-order chi connectivity index (χ0) is 30.2. The van der Waals surface area contributed by atoms with Crippen molar-refractivity contribution in [3.8, 4) is 28.1 Å². The molecule has 1 aliphatic heterocycles. The van der Waals surface area contributed by atoms with Crippen LogP contribution >= 0.6 is 0 Å². The zero-order valence-corrected chi connectivity index (χ0v) is 25.0. The molecule has 3 aromatic heterocycles. The first-order valence-corrected chi connectivity index (χ1v) is 14.2. The molecule has 6 rings (SSSR count). The Labute approximate surface area is 249 Å². The molecule has 12 nitrogen and oxygen atoms in total. The number of hydrogen-bond acceptors (Lipinski definition) is 9. The minimum absolute atomic E-state index is 0.0363. The van der Waals surface area contributed by atoms with E-state index in [1.54, 1.807) is 30.3 Å². The summed E-state index contributed by atoms with van der Waals surface area (Å²) in [6, 6.07) is 9.60. The van der Waals surface area contributed by atoms with Gasteiger partial charge in [0.05, 0.1) is 35.1 Å². The van der Waals surface area contributed by atoms with E-state index in [4.69, 9.17) is 9.72 Å². The molecule has 0 amide bonds. The molecule has 0 spiro atoms. The maximum Gasteiger partial charge on any atom is 0.294 e. The van der Waals surface area contributed by atoms with Gasteiger partial charge in [0.1, 0.15) is 11.4 Å². The van der Waals surface area contributed by atoms with Gasteiger partial charge in [-0.25, -0.2) is 9.97 Å². The molecule has 0 atom stereocenters. The number of nitrogens with one attached hydrogen (secondary N) is 1. The molecule has 4 heterocycles. The van der Waals surface area contributed by atoms with Crippen LogP contribution in [0, 0.1) is 10.1 Å². The lowest BCUT2D eigenvalue weighted by Crippen LogP contribution is -2.28. The first-order chi connectivity index (χ1) is 20.7. The number of benzene rings is 2. The second-order valence-electron chi connectivity index (χ2n) is 11.2. The van der Waals surface area contributed by atoms with Gasteiger partial charge in [-0.3, -0.25) is 14.8 Å². The van der Waals surface area contributed by atoms with Crippen molar-refractivity contribution in [3.05, 3.63) is 70.8 Å². The molecule has 5 aromatic rings. The summed E-state index contributed by atoms with van der Waals surface area (Å²) in [5.74, 6) is 0.752. The summed E-state index contributed by atoms with van der Waals surface area (Å²) in [6.07, 6.45) is 9.82. The third-order valence-corrected chi connectivity index (χ3v) is 7.92. The second-order valence-corrected chi connectivity index (χ2v) is 11.2. The third kappa shape index (κ3) is 5.37. The van der Waals surface area contributed by atoms with E-state index >= 15 is 0 Å². The lowest BCUT2D eigenvalue weighted by Gasteiger charge is -2.22. The summed E-state index contributed by atoms with van der Waals surface area (Å²) in [5.41, 5.74) is 6.90. The third-order valence-electron chi connectivity index (χ3n) is 7.92. The summed E-state index contributed by atoms with van der Waals surface area (Å²) in [7, 11) is 9.19. The Morgan fingerprint density at radius 2 is 1.95 bits per heavy atom.